The Morgan fingerprint density at radius 2 is 2.19 bits per heavy atom. The molecule has 1 fully saturated rings. The van der Waals surface area contributed by atoms with Crippen molar-refractivity contribution in [1.82, 2.24) is 10.4 Å². The third kappa shape index (κ3) is 4.53. The van der Waals surface area contributed by atoms with Crippen LogP contribution in [0.15, 0.2) is 18.2 Å². The van der Waals surface area contributed by atoms with Gasteiger partial charge in [-0.1, -0.05) is 6.07 Å². The minimum atomic E-state index is -0.358. The molecule has 1 amide bonds. The van der Waals surface area contributed by atoms with E-state index in [1.54, 1.807) is 24.1 Å². The van der Waals surface area contributed by atoms with Crippen molar-refractivity contribution in [2.45, 2.75) is 19.8 Å². The first-order valence-corrected chi connectivity index (χ1v) is 6.97. The fraction of sp³-hybridized carbons (Fsp3) is 0.467. The molecular weight excluding hydrogens is 275 g/mol. The van der Waals surface area contributed by atoms with E-state index < -0.39 is 0 Å². The molecule has 5 nitrogen and oxygen atoms in total. The molecular formula is C15H19FN2O3. The zero-order valence-electron chi connectivity index (χ0n) is 12.0. The monoisotopic (exact) mass is 294 g/mol. The average Bonchev–Trinajstić information content (AvgIpc) is 2.49. The van der Waals surface area contributed by atoms with E-state index in [0.29, 0.717) is 24.4 Å². The average molecular weight is 294 g/mol. The maximum atomic E-state index is 13.3. The van der Waals surface area contributed by atoms with Gasteiger partial charge in [0.2, 0.25) is 0 Å². The van der Waals surface area contributed by atoms with Crippen molar-refractivity contribution in [3.63, 3.8) is 0 Å². The molecule has 0 radical (unpaired) electrons. The minimum absolute atomic E-state index is 0.0879. The molecule has 0 saturated carbocycles. The number of benzene rings is 1. The van der Waals surface area contributed by atoms with Gasteiger partial charge in [-0.05, 0) is 31.4 Å². The molecule has 0 unspecified atom stereocenters. The molecule has 1 aromatic rings. The summed E-state index contributed by atoms with van der Waals surface area (Å²) in [7, 11) is 0. The highest BCUT2D eigenvalue weighted by Gasteiger charge is 2.19. The number of ether oxygens (including phenoxy) is 1. The lowest BCUT2D eigenvalue weighted by Gasteiger charge is -2.29. The first-order valence-electron chi connectivity index (χ1n) is 6.97. The number of carbonyl (C=O) groups is 2. The number of nitrogens with one attached hydrogen (secondary N) is 1. The Labute approximate surface area is 123 Å². The molecule has 0 bridgehead atoms. The van der Waals surface area contributed by atoms with E-state index in [2.05, 4.69) is 5.43 Å². The van der Waals surface area contributed by atoms with Crippen LogP contribution in [-0.4, -0.2) is 36.9 Å². The van der Waals surface area contributed by atoms with Gasteiger partial charge in [-0.3, -0.25) is 10.2 Å². The summed E-state index contributed by atoms with van der Waals surface area (Å²) >= 11 is 0. The van der Waals surface area contributed by atoms with Gasteiger partial charge in [0.25, 0.3) is 5.91 Å². The minimum Gasteiger partial charge on any atom is -0.484 e. The molecule has 21 heavy (non-hydrogen) atoms. The second-order valence-corrected chi connectivity index (χ2v) is 5.20. The van der Waals surface area contributed by atoms with Gasteiger partial charge in [0, 0.05) is 25.1 Å². The van der Waals surface area contributed by atoms with Gasteiger partial charge >= 0.3 is 0 Å². The van der Waals surface area contributed by atoms with E-state index in [1.807, 2.05) is 0 Å². The lowest BCUT2D eigenvalue weighted by atomic mass is 10.00. The Balaban J connectivity index is 1.74. The third-order valence-electron chi connectivity index (χ3n) is 3.53. The lowest BCUT2D eigenvalue weighted by molar-refractivity contribution is -0.128. The van der Waals surface area contributed by atoms with Gasteiger partial charge in [-0.25, -0.2) is 9.40 Å². The van der Waals surface area contributed by atoms with Crippen LogP contribution in [0.1, 0.15) is 18.4 Å². The largest absolute Gasteiger partial charge is 0.484 e. The number of hydrazine groups is 1. The van der Waals surface area contributed by atoms with Crippen molar-refractivity contribution >= 4 is 12.2 Å². The van der Waals surface area contributed by atoms with Crippen LogP contribution >= 0.6 is 0 Å². The van der Waals surface area contributed by atoms with Gasteiger partial charge < -0.3 is 9.53 Å². The maximum absolute atomic E-state index is 13.3. The Bertz CT molecular complexity index is 514. The number of hydrogen-bond donors (Lipinski definition) is 1. The molecule has 114 valence electrons. The van der Waals surface area contributed by atoms with Crippen molar-refractivity contribution in [1.29, 1.82) is 0 Å². The molecule has 6 heteroatoms. The Morgan fingerprint density at radius 1 is 1.48 bits per heavy atom. The molecule has 1 N–H and O–H groups in total. The summed E-state index contributed by atoms with van der Waals surface area (Å²) in [6, 6.07) is 4.49. The molecule has 0 aliphatic carbocycles. The Kier molecular flexibility index (Phi) is 5.27. The molecule has 1 aromatic carbocycles. The second-order valence-electron chi connectivity index (χ2n) is 5.20. The highest BCUT2D eigenvalue weighted by molar-refractivity contribution is 5.77. The summed E-state index contributed by atoms with van der Waals surface area (Å²) < 4.78 is 18.6. The van der Waals surface area contributed by atoms with Gasteiger partial charge in [0.15, 0.2) is 6.61 Å². The summed E-state index contributed by atoms with van der Waals surface area (Å²) in [5.41, 5.74) is 3.25. The first kappa shape index (κ1) is 15.4. The van der Waals surface area contributed by atoms with E-state index in [0.717, 1.165) is 19.1 Å². The summed E-state index contributed by atoms with van der Waals surface area (Å²) in [6.07, 6.45) is 2.45. The highest BCUT2D eigenvalue weighted by atomic mass is 19.1. The van der Waals surface area contributed by atoms with Gasteiger partial charge in [0.1, 0.15) is 17.9 Å². The molecule has 1 heterocycles. The molecule has 0 aromatic heterocycles. The standard InChI is InChI=1S/C15H19FN2O3/c1-11-2-3-13(8-14(11)16)21-10-15(20)17-18-6-4-12(9-19)5-7-18/h2-3,8-9,12H,4-7,10H2,1H3,(H,17,20). The molecule has 1 aliphatic rings. The van der Waals surface area contributed by atoms with E-state index in [-0.39, 0.29) is 24.2 Å². The van der Waals surface area contributed by atoms with Crippen LogP contribution in [0, 0.1) is 18.7 Å². The van der Waals surface area contributed by atoms with Crippen LogP contribution in [0.25, 0.3) is 0 Å². The summed E-state index contributed by atoms with van der Waals surface area (Å²) in [5.74, 6) is -0.234. The van der Waals surface area contributed by atoms with Crippen molar-refractivity contribution in [2.24, 2.45) is 5.92 Å². The van der Waals surface area contributed by atoms with Crippen LogP contribution in [-0.2, 0) is 9.59 Å². The number of rotatable bonds is 5. The van der Waals surface area contributed by atoms with Gasteiger partial charge in [-0.15, -0.1) is 0 Å². The Morgan fingerprint density at radius 3 is 2.81 bits per heavy atom. The van der Waals surface area contributed by atoms with Crippen molar-refractivity contribution < 1.29 is 18.7 Å². The SMILES string of the molecule is Cc1ccc(OCC(=O)NN2CCC(C=O)CC2)cc1F. The zero-order valence-corrected chi connectivity index (χ0v) is 12.0. The van der Waals surface area contributed by atoms with Crippen LogP contribution in [0.4, 0.5) is 4.39 Å². The zero-order chi connectivity index (χ0) is 15.2. The Hall–Kier alpha value is -1.95. The molecule has 0 spiro atoms. The number of amides is 1. The molecule has 2 rings (SSSR count). The number of aldehydes is 1. The van der Waals surface area contributed by atoms with E-state index in [1.165, 1.54) is 6.07 Å². The predicted molar refractivity (Wildman–Crippen MR) is 75.1 cm³/mol. The van der Waals surface area contributed by atoms with E-state index in [9.17, 15) is 14.0 Å². The molecule has 1 aliphatic heterocycles. The van der Waals surface area contributed by atoms with Crippen molar-refractivity contribution in [3.8, 4) is 5.75 Å². The summed E-state index contributed by atoms with van der Waals surface area (Å²) in [5, 5.41) is 1.78. The van der Waals surface area contributed by atoms with Crippen LogP contribution in [0.2, 0.25) is 0 Å². The lowest BCUT2D eigenvalue weighted by Crippen LogP contribution is -2.48. The van der Waals surface area contributed by atoms with Crippen molar-refractivity contribution in [3.05, 3.63) is 29.6 Å². The van der Waals surface area contributed by atoms with Gasteiger partial charge in [-0.2, -0.15) is 0 Å². The smallest absolute Gasteiger partial charge is 0.272 e. The predicted octanol–water partition coefficient (Wildman–Crippen LogP) is 1.46. The summed E-state index contributed by atoms with van der Waals surface area (Å²) in [4.78, 5) is 22.4. The summed E-state index contributed by atoms with van der Waals surface area (Å²) in [6.45, 7) is 2.79. The highest BCUT2D eigenvalue weighted by Crippen LogP contribution is 2.16. The fourth-order valence-electron chi connectivity index (χ4n) is 2.17. The second kappa shape index (κ2) is 7.17. The molecule has 0 atom stereocenters. The number of nitrogens with zero attached hydrogens (tertiary/aromatic N) is 1. The number of hydrogen-bond acceptors (Lipinski definition) is 4. The number of piperidine rings is 1. The van der Waals surface area contributed by atoms with E-state index in [4.69, 9.17) is 4.74 Å². The van der Waals surface area contributed by atoms with Crippen LogP contribution in [0.5, 0.6) is 5.75 Å². The third-order valence-corrected chi connectivity index (χ3v) is 3.53. The fourth-order valence-corrected chi connectivity index (χ4v) is 2.17. The maximum Gasteiger partial charge on any atom is 0.272 e. The van der Waals surface area contributed by atoms with E-state index >= 15 is 0 Å². The van der Waals surface area contributed by atoms with Crippen LogP contribution in [0.3, 0.4) is 0 Å². The first-order chi connectivity index (χ1) is 10.1. The molecule has 1 saturated heterocycles. The topological polar surface area (TPSA) is 58.6 Å². The normalized spacial score (nSPS) is 16.5. The quantitative estimate of drug-likeness (QED) is 0.835. The van der Waals surface area contributed by atoms with Crippen LogP contribution < -0.4 is 10.2 Å². The van der Waals surface area contributed by atoms with Crippen molar-refractivity contribution in [2.75, 3.05) is 19.7 Å². The number of halogens is 1. The van der Waals surface area contributed by atoms with Gasteiger partial charge in [0.05, 0.1) is 0 Å². The number of carbonyl (C=O) groups excluding carboxylic acids is 2. The number of aryl methyl sites for hydroxylation is 1.